The van der Waals surface area contributed by atoms with Crippen LogP contribution in [0, 0.1) is 0 Å². The lowest BCUT2D eigenvalue weighted by Gasteiger charge is -2.07. The lowest BCUT2D eigenvalue weighted by Crippen LogP contribution is -2.05. The average molecular weight is 241 g/mol. The molecule has 1 fully saturated rings. The van der Waals surface area contributed by atoms with Crippen molar-refractivity contribution < 1.29 is 14.3 Å². The second kappa shape index (κ2) is 4.85. The third-order valence-electron chi connectivity index (χ3n) is 2.40. The van der Waals surface area contributed by atoms with Gasteiger partial charge in [0.2, 0.25) is 0 Å². The van der Waals surface area contributed by atoms with Gasteiger partial charge in [-0.3, -0.25) is 4.79 Å². The van der Waals surface area contributed by atoms with Crippen molar-refractivity contribution in [2.45, 2.75) is 19.4 Å². The summed E-state index contributed by atoms with van der Waals surface area (Å²) in [5.41, 5.74) is 0.627. The number of rotatable bonds is 5. The Bertz CT molecular complexity index is 399. The van der Waals surface area contributed by atoms with E-state index in [1.807, 2.05) is 6.92 Å². The maximum Gasteiger partial charge on any atom is 0.162 e. The molecule has 1 aromatic rings. The molecule has 1 heterocycles. The van der Waals surface area contributed by atoms with Gasteiger partial charge in [0.05, 0.1) is 11.6 Å². The quantitative estimate of drug-likeness (QED) is 0.587. The average Bonchev–Trinajstić information content (AvgIpc) is 3.10. The first-order chi connectivity index (χ1) is 7.70. The molecule has 16 heavy (non-hydrogen) atoms. The van der Waals surface area contributed by atoms with E-state index in [0.29, 0.717) is 29.4 Å². The van der Waals surface area contributed by atoms with Crippen LogP contribution in [0.2, 0.25) is 5.02 Å². The first-order valence-electron chi connectivity index (χ1n) is 5.28. The Kier molecular flexibility index (Phi) is 3.46. The Morgan fingerprint density at radius 3 is 2.94 bits per heavy atom. The number of carbonyl (C=O) groups is 1. The summed E-state index contributed by atoms with van der Waals surface area (Å²) in [6.07, 6.45) is 0.680. The molecule has 0 N–H and O–H groups in total. The molecule has 0 radical (unpaired) electrons. The van der Waals surface area contributed by atoms with Crippen molar-refractivity contribution in [3.05, 3.63) is 28.8 Å². The van der Waals surface area contributed by atoms with E-state index >= 15 is 0 Å². The molecule has 0 spiro atoms. The minimum atomic E-state index is 0.0824. The van der Waals surface area contributed by atoms with E-state index < -0.39 is 0 Å². The van der Waals surface area contributed by atoms with Gasteiger partial charge in [-0.25, -0.2) is 0 Å². The zero-order chi connectivity index (χ0) is 11.5. The van der Waals surface area contributed by atoms with Crippen LogP contribution in [0.4, 0.5) is 0 Å². The largest absolute Gasteiger partial charge is 0.489 e. The number of halogens is 1. The van der Waals surface area contributed by atoms with Gasteiger partial charge in [-0.2, -0.15) is 0 Å². The molecule has 1 aliphatic rings. The number of hydrogen-bond acceptors (Lipinski definition) is 3. The predicted octanol–water partition coefficient (Wildman–Crippen LogP) is 2.71. The van der Waals surface area contributed by atoms with Crippen molar-refractivity contribution in [3.8, 4) is 5.75 Å². The molecule has 0 bridgehead atoms. The normalized spacial score (nSPS) is 18.2. The van der Waals surface area contributed by atoms with Crippen molar-refractivity contribution in [2.24, 2.45) is 0 Å². The third-order valence-corrected chi connectivity index (χ3v) is 2.70. The van der Waals surface area contributed by atoms with Crippen molar-refractivity contribution >= 4 is 17.4 Å². The van der Waals surface area contributed by atoms with E-state index in [-0.39, 0.29) is 11.9 Å². The second-order valence-electron chi connectivity index (χ2n) is 3.69. The molecule has 1 saturated heterocycles. The second-order valence-corrected chi connectivity index (χ2v) is 4.10. The van der Waals surface area contributed by atoms with E-state index in [1.165, 1.54) is 0 Å². The van der Waals surface area contributed by atoms with Crippen LogP contribution in [0.5, 0.6) is 5.75 Å². The smallest absolute Gasteiger partial charge is 0.162 e. The Balaban J connectivity index is 2.05. The Morgan fingerprint density at radius 1 is 1.62 bits per heavy atom. The lowest BCUT2D eigenvalue weighted by molar-refractivity contribution is 0.0988. The van der Waals surface area contributed by atoms with Crippen LogP contribution < -0.4 is 4.74 Å². The minimum absolute atomic E-state index is 0.0824. The highest BCUT2D eigenvalue weighted by atomic mass is 35.5. The fraction of sp³-hybridized carbons (Fsp3) is 0.417. The highest BCUT2D eigenvalue weighted by molar-refractivity contribution is 6.32. The summed E-state index contributed by atoms with van der Waals surface area (Å²) in [6.45, 7) is 3.09. The van der Waals surface area contributed by atoms with Crippen LogP contribution in [-0.2, 0) is 4.74 Å². The molecule has 0 aliphatic carbocycles. The summed E-state index contributed by atoms with van der Waals surface area (Å²) in [5, 5.41) is 0.472. The summed E-state index contributed by atoms with van der Waals surface area (Å²) in [7, 11) is 0. The van der Waals surface area contributed by atoms with Gasteiger partial charge >= 0.3 is 0 Å². The molecule has 4 heteroatoms. The summed E-state index contributed by atoms with van der Waals surface area (Å²) in [6, 6.07) is 5.12. The van der Waals surface area contributed by atoms with Gasteiger partial charge in [0, 0.05) is 12.0 Å². The molecule has 0 saturated carbocycles. The van der Waals surface area contributed by atoms with Crippen LogP contribution in [-0.4, -0.2) is 25.1 Å². The number of hydrogen-bond donors (Lipinski definition) is 0. The monoisotopic (exact) mass is 240 g/mol. The Morgan fingerprint density at radius 2 is 2.38 bits per heavy atom. The number of epoxide rings is 1. The van der Waals surface area contributed by atoms with Crippen LogP contribution in [0.15, 0.2) is 18.2 Å². The molecular weight excluding hydrogens is 228 g/mol. The van der Waals surface area contributed by atoms with Gasteiger partial charge in [0.25, 0.3) is 0 Å². The molecule has 1 aliphatic heterocycles. The Labute approximate surface area is 99.3 Å². The topological polar surface area (TPSA) is 38.8 Å². The molecule has 1 aromatic carbocycles. The first kappa shape index (κ1) is 11.4. The highest BCUT2D eigenvalue weighted by Crippen LogP contribution is 2.27. The van der Waals surface area contributed by atoms with Gasteiger partial charge < -0.3 is 9.47 Å². The molecular formula is C12H13ClO3. The van der Waals surface area contributed by atoms with Gasteiger partial charge in [-0.1, -0.05) is 18.5 Å². The standard InChI is InChI=1S/C12H13ClO3/c1-2-11(14)8-3-4-12(10(13)5-8)16-7-9-6-15-9/h3-5,9H,2,6-7H2,1H3. The van der Waals surface area contributed by atoms with Crippen LogP contribution in [0.25, 0.3) is 0 Å². The maximum atomic E-state index is 11.4. The SMILES string of the molecule is CCC(=O)c1ccc(OCC2CO2)c(Cl)c1. The number of Topliss-reactive ketones (excluding diaryl/α,β-unsaturated/α-hetero) is 1. The fourth-order valence-electron chi connectivity index (χ4n) is 1.34. The molecule has 0 amide bonds. The van der Waals surface area contributed by atoms with Gasteiger partial charge in [0.15, 0.2) is 5.78 Å². The number of benzene rings is 1. The molecule has 3 nitrogen and oxygen atoms in total. The first-order valence-corrected chi connectivity index (χ1v) is 5.65. The van der Waals surface area contributed by atoms with E-state index in [1.54, 1.807) is 18.2 Å². The summed E-state index contributed by atoms with van der Waals surface area (Å²) in [4.78, 5) is 11.4. The van der Waals surface area contributed by atoms with Crippen molar-refractivity contribution in [2.75, 3.05) is 13.2 Å². The molecule has 1 atom stereocenters. The zero-order valence-corrected chi connectivity index (χ0v) is 9.79. The van der Waals surface area contributed by atoms with E-state index in [9.17, 15) is 4.79 Å². The molecule has 1 unspecified atom stereocenters. The number of ether oxygens (including phenoxy) is 2. The summed E-state index contributed by atoms with van der Waals surface area (Å²) in [5.74, 6) is 0.684. The predicted molar refractivity (Wildman–Crippen MR) is 61.3 cm³/mol. The highest BCUT2D eigenvalue weighted by Gasteiger charge is 2.23. The van der Waals surface area contributed by atoms with E-state index in [2.05, 4.69) is 0 Å². The minimum Gasteiger partial charge on any atom is -0.489 e. The van der Waals surface area contributed by atoms with Gasteiger partial charge in [-0.15, -0.1) is 0 Å². The van der Waals surface area contributed by atoms with E-state index in [0.717, 1.165) is 6.61 Å². The molecule has 86 valence electrons. The fourth-order valence-corrected chi connectivity index (χ4v) is 1.58. The van der Waals surface area contributed by atoms with Gasteiger partial charge in [-0.05, 0) is 18.2 Å². The summed E-state index contributed by atoms with van der Waals surface area (Å²) < 4.78 is 10.5. The number of carbonyl (C=O) groups excluding carboxylic acids is 1. The molecule has 0 aromatic heterocycles. The van der Waals surface area contributed by atoms with Gasteiger partial charge in [0.1, 0.15) is 18.5 Å². The van der Waals surface area contributed by atoms with Crippen molar-refractivity contribution in [1.82, 2.24) is 0 Å². The molecule has 2 rings (SSSR count). The van der Waals surface area contributed by atoms with Crippen molar-refractivity contribution in [1.29, 1.82) is 0 Å². The van der Waals surface area contributed by atoms with E-state index in [4.69, 9.17) is 21.1 Å². The maximum absolute atomic E-state index is 11.4. The van der Waals surface area contributed by atoms with Crippen LogP contribution in [0.1, 0.15) is 23.7 Å². The van der Waals surface area contributed by atoms with Crippen molar-refractivity contribution in [3.63, 3.8) is 0 Å². The zero-order valence-electron chi connectivity index (χ0n) is 9.03. The Hall–Kier alpha value is -1.06. The third kappa shape index (κ3) is 2.74. The number of ketones is 1. The summed E-state index contributed by atoms with van der Waals surface area (Å²) >= 11 is 6.02. The lowest BCUT2D eigenvalue weighted by atomic mass is 10.1. The van der Waals surface area contributed by atoms with Crippen LogP contribution >= 0.6 is 11.6 Å². The van der Waals surface area contributed by atoms with Crippen LogP contribution in [0.3, 0.4) is 0 Å².